The zero-order valence-corrected chi connectivity index (χ0v) is 15.9. The molecule has 0 radical (unpaired) electrons. The molecule has 0 spiro atoms. The van der Waals surface area contributed by atoms with Crippen molar-refractivity contribution in [1.82, 2.24) is 20.2 Å². The maximum atomic E-state index is 13.2. The second-order valence-electron chi connectivity index (χ2n) is 7.32. The second kappa shape index (κ2) is 8.24. The SMILES string of the molecule is CC(C)[C@H](NC(=O)Cc1c[nH]cn1)C(=O)N1Cc2ccccc2C[C@H]1C(=O)O. The summed E-state index contributed by atoms with van der Waals surface area (Å²) in [6.07, 6.45) is 3.40. The van der Waals surface area contributed by atoms with Crippen molar-refractivity contribution >= 4 is 17.8 Å². The highest BCUT2D eigenvalue weighted by Gasteiger charge is 2.38. The zero-order valence-electron chi connectivity index (χ0n) is 15.9. The van der Waals surface area contributed by atoms with E-state index in [0.717, 1.165) is 11.1 Å². The highest BCUT2D eigenvalue weighted by Crippen LogP contribution is 2.25. The van der Waals surface area contributed by atoms with Crippen LogP contribution in [0.5, 0.6) is 0 Å². The van der Waals surface area contributed by atoms with Gasteiger partial charge in [-0.15, -0.1) is 0 Å². The van der Waals surface area contributed by atoms with Crippen molar-refractivity contribution in [3.05, 3.63) is 53.6 Å². The molecule has 8 heteroatoms. The molecule has 0 bridgehead atoms. The normalized spacial score (nSPS) is 17.1. The third-order valence-electron chi connectivity index (χ3n) is 4.96. The van der Waals surface area contributed by atoms with E-state index in [2.05, 4.69) is 15.3 Å². The van der Waals surface area contributed by atoms with E-state index in [4.69, 9.17) is 0 Å². The molecule has 8 nitrogen and oxygen atoms in total. The standard InChI is InChI=1S/C20H24N4O4/c1-12(2)18(23-17(25)8-15-9-21-11-22-15)19(26)24-10-14-6-4-3-5-13(14)7-16(24)20(27)28/h3-6,9,11-12,16,18H,7-8,10H2,1-2H3,(H,21,22)(H,23,25)(H,27,28)/t16-,18-/m0/s1. The number of imidazole rings is 1. The molecule has 0 saturated carbocycles. The first-order chi connectivity index (χ1) is 13.4. The first kappa shape index (κ1) is 19.6. The summed E-state index contributed by atoms with van der Waals surface area (Å²) < 4.78 is 0. The van der Waals surface area contributed by atoms with Crippen molar-refractivity contribution in [2.24, 2.45) is 5.92 Å². The summed E-state index contributed by atoms with van der Waals surface area (Å²) >= 11 is 0. The summed E-state index contributed by atoms with van der Waals surface area (Å²) in [5, 5.41) is 12.4. The predicted molar refractivity (Wildman–Crippen MR) is 101 cm³/mol. The fourth-order valence-corrected chi connectivity index (χ4v) is 3.44. The van der Waals surface area contributed by atoms with Gasteiger partial charge < -0.3 is 20.3 Å². The molecule has 1 aliphatic heterocycles. The number of aliphatic carboxylic acids is 1. The van der Waals surface area contributed by atoms with Crippen LogP contribution in [0.3, 0.4) is 0 Å². The lowest BCUT2D eigenvalue weighted by Gasteiger charge is -2.37. The van der Waals surface area contributed by atoms with Gasteiger partial charge in [-0.1, -0.05) is 38.1 Å². The van der Waals surface area contributed by atoms with Gasteiger partial charge in [0.15, 0.2) is 0 Å². The smallest absolute Gasteiger partial charge is 0.326 e. The Kier molecular flexibility index (Phi) is 5.77. The molecule has 2 atom stereocenters. The van der Waals surface area contributed by atoms with Gasteiger partial charge >= 0.3 is 5.97 Å². The first-order valence-electron chi connectivity index (χ1n) is 9.24. The maximum Gasteiger partial charge on any atom is 0.326 e. The Morgan fingerprint density at radius 2 is 2.00 bits per heavy atom. The van der Waals surface area contributed by atoms with Gasteiger partial charge in [-0.05, 0) is 17.0 Å². The number of carbonyl (C=O) groups excluding carboxylic acids is 2. The van der Waals surface area contributed by atoms with E-state index in [0.29, 0.717) is 5.69 Å². The van der Waals surface area contributed by atoms with Gasteiger partial charge in [0.05, 0.1) is 18.4 Å². The average molecular weight is 384 g/mol. The second-order valence-corrected chi connectivity index (χ2v) is 7.32. The number of aromatic amines is 1. The van der Waals surface area contributed by atoms with Crippen LogP contribution < -0.4 is 5.32 Å². The highest BCUT2D eigenvalue weighted by molar-refractivity contribution is 5.91. The molecule has 3 rings (SSSR count). The minimum Gasteiger partial charge on any atom is -0.480 e. The Hall–Kier alpha value is -3.16. The number of H-pyrrole nitrogens is 1. The van der Waals surface area contributed by atoms with Gasteiger partial charge in [0, 0.05) is 19.2 Å². The molecule has 28 heavy (non-hydrogen) atoms. The predicted octanol–water partition coefficient (Wildman–Crippen LogP) is 1.13. The fourth-order valence-electron chi connectivity index (χ4n) is 3.44. The largest absolute Gasteiger partial charge is 0.480 e. The molecule has 148 valence electrons. The van der Waals surface area contributed by atoms with Crippen LogP contribution in [0.15, 0.2) is 36.8 Å². The van der Waals surface area contributed by atoms with Crippen LogP contribution in [0, 0.1) is 5.92 Å². The summed E-state index contributed by atoms with van der Waals surface area (Å²) in [6.45, 7) is 3.86. The van der Waals surface area contributed by atoms with E-state index < -0.39 is 18.1 Å². The summed E-state index contributed by atoms with van der Waals surface area (Å²) in [4.78, 5) is 45.6. The van der Waals surface area contributed by atoms with E-state index >= 15 is 0 Å². The molecule has 2 amide bonds. The van der Waals surface area contributed by atoms with Crippen molar-refractivity contribution in [2.45, 2.75) is 45.3 Å². The van der Waals surface area contributed by atoms with Crippen LogP contribution in [-0.2, 0) is 33.8 Å². The van der Waals surface area contributed by atoms with Crippen molar-refractivity contribution in [3.8, 4) is 0 Å². The lowest BCUT2D eigenvalue weighted by atomic mass is 9.92. The number of amides is 2. The van der Waals surface area contributed by atoms with Crippen molar-refractivity contribution in [1.29, 1.82) is 0 Å². The number of carboxylic acid groups (broad SMARTS) is 1. The number of aromatic nitrogens is 2. The van der Waals surface area contributed by atoms with Crippen LogP contribution in [0.2, 0.25) is 0 Å². The summed E-state index contributed by atoms with van der Waals surface area (Å²) in [5.74, 6) is -1.95. The Morgan fingerprint density at radius 1 is 1.29 bits per heavy atom. The fraction of sp³-hybridized carbons (Fsp3) is 0.400. The van der Waals surface area contributed by atoms with E-state index in [9.17, 15) is 19.5 Å². The molecular weight excluding hydrogens is 360 g/mol. The molecule has 0 fully saturated rings. The number of hydrogen-bond donors (Lipinski definition) is 3. The molecule has 2 heterocycles. The number of hydrogen-bond acceptors (Lipinski definition) is 4. The lowest BCUT2D eigenvalue weighted by Crippen LogP contribution is -2.57. The van der Waals surface area contributed by atoms with Gasteiger partial charge in [0.2, 0.25) is 11.8 Å². The Labute approximate surface area is 163 Å². The quantitative estimate of drug-likeness (QED) is 0.691. The number of carboxylic acids is 1. The van der Waals surface area contributed by atoms with E-state index in [1.807, 2.05) is 38.1 Å². The van der Waals surface area contributed by atoms with Crippen molar-refractivity contribution in [3.63, 3.8) is 0 Å². The molecule has 1 aliphatic rings. The van der Waals surface area contributed by atoms with Crippen LogP contribution in [0.25, 0.3) is 0 Å². The van der Waals surface area contributed by atoms with E-state index in [1.54, 1.807) is 6.20 Å². The van der Waals surface area contributed by atoms with Crippen LogP contribution in [-0.4, -0.2) is 49.8 Å². The minimum absolute atomic E-state index is 0.0468. The molecule has 0 unspecified atom stereocenters. The van der Waals surface area contributed by atoms with E-state index in [-0.39, 0.29) is 37.1 Å². The molecule has 2 aromatic rings. The molecular formula is C20H24N4O4. The molecule has 3 N–H and O–H groups in total. The number of carbonyl (C=O) groups is 3. The summed E-state index contributed by atoms with van der Waals surface area (Å²) in [6, 6.07) is 5.76. The number of nitrogens with zero attached hydrogens (tertiary/aromatic N) is 2. The zero-order chi connectivity index (χ0) is 20.3. The Bertz CT molecular complexity index is 863. The lowest BCUT2D eigenvalue weighted by molar-refractivity contribution is -0.153. The Balaban J connectivity index is 1.79. The van der Waals surface area contributed by atoms with E-state index in [1.165, 1.54) is 11.2 Å². The summed E-state index contributed by atoms with van der Waals surface area (Å²) in [7, 11) is 0. The van der Waals surface area contributed by atoms with Gasteiger partial charge in [-0.2, -0.15) is 0 Å². The van der Waals surface area contributed by atoms with Gasteiger partial charge in [0.1, 0.15) is 12.1 Å². The number of benzene rings is 1. The van der Waals surface area contributed by atoms with Crippen LogP contribution in [0.1, 0.15) is 30.7 Å². The summed E-state index contributed by atoms with van der Waals surface area (Å²) in [5.41, 5.74) is 2.43. The maximum absolute atomic E-state index is 13.2. The van der Waals surface area contributed by atoms with Crippen LogP contribution >= 0.6 is 0 Å². The molecule has 1 aromatic carbocycles. The van der Waals surface area contributed by atoms with Crippen molar-refractivity contribution < 1.29 is 19.5 Å². The third-order valence-corrected chi connectivity index (χ3v) is 4.96. The van der Waals surface area contributed by atoms with Gasteiger partial charge in [-0.25, -0.2) is 9.78 Å². The minimum atomic E-state index is -1.05. The molecule has 0 saturated heterocycles. The number of fused-ring (bicyclic) bond motifs is 1. The van der Waals surface area contributed by atoms with Gasteiger partial charge in [0.25, 0.3) is 0 Å². The number of rotatable bonds is 6. The molecule has 1 aromatic heterocycles. The highest BCUT2D eigenvalue weighted by atomic mass is 16.4. The van der Waals surface area contributed by atoms with Crippen molar-refractivity contribution in [2.75, 3.05) is 0 Å². The molecule has 0 aliphatic carbocycles. The van der Waals surface area contributed by atoms with Gasteiger partial charge in [-0.3, -0.25) is 9.59 Å². The first-order valence-corrected chi connectivity index (χ1v) is 9.24. The van der Waals surface area contributed by atoms with Crippen LogP contribution in [0.4, 0.5) is 0 Å². The average Bonchev–Trinajstić information content (AvgIpc) is 3.17. The number of nitrogens with one attached hydrogen (secondary N) is 2. The topological polar surface area (TPSA) is 115 Å². The third kappa shape index (κ3) is 4.21. The Morgan fingerprint density at radius 3 is 2.61 bits per heavy atom. The monoisotopic (exact) mass is 384 g/mol.